The van der Waals surface area contributed by atoms with E-state index in [4.69, 9.17) is 10.2 Å². The Morgan fingerprint density at radius 3 is 2.71 bits per heavy atom. The molecular weight excluding hydrogens is 354 g/mol. The highest BCUT2D eigenvalue weighted by Crippen LogP contribution is 2.27. The number of furan rings is 1. The number of primary amides is 1. The van der Waals surface area contributed by atoms with Crippen LogP contribution in [-0.4, -0.2) is 29.3 Å². The fourth-order valence-electron chi connectivity index (χ4n) is 3.91. The lowest BCUT2D eigenvalue weighted by Gasteiger charge is -2.23. The third-order valence-corrected chi connectivity index (χ3v) is 5.38. The number of para-hydroxylation sites is 2. The average molecular weight is 377 g/mol. The molecule has 0 aliphatic carbocycles. The molecule has 1 aromatic heterocycles. The van der Waals surface area contributed by atoms with Crippen molar-refractivity contribution in [3.8, 4) is 0 Å². The van der Waals surface area contributed by atoms with Gasteiger partial charge in [-0.3, -0.25) is 14.5 Å². The lowest BCUT2D eigenvalue weighted by molar-refractivity contribution is -0.122. The van der Waals surface area contributed by atoms with Gasteiger partial charge in [0.15, 0.2) is 5.76 Å². The number of nitrogens with one attached hydrogen (secondary N) is 1. The summed E-state index contributed by atoms with van der Waals surface area (Å²) in [5, 5.41) is 3.90. The van der Waals surface area contributed by atoms with Gasteiger partial charge in [0.1, 0.15) is 5.58 Å². The zero-order chi connectivity index (χ0) is 19.7. The Morgan fingerprint density at radius 2 is 1.93 bits per heavy atom. The Kier molecular flexibility index (Phi) is 4.88. The second kappa shape index (κ2) is 7.48. The van der Waals surface area contributed by atoms with Crippen molar-refractivity contribution in [2.45, 2.75) is 32.4 Å². The number of hydrogen-bond donors (Lipinski definition) is 2. The SMILES string of the molecule is Cc1c(C(=O)Nc2ccccc2CN2CCCC2C(N)=O)oc2ccccc12. The molecule has 1 aliphatic heterocycles. The van der Waals surface area contributed by atoms with Gasteiger partial charge in [-0.15, -0.1) is 0 Å². The van der Waals surface area contributed by atoms with Crippen LogP contribution in [0.4, 0.5) is 5.69 Å². The minimum Gasteiger partial charge on any atom is -0.451 e. The largest absolute Gasteiger partial charge is 0.451 e. The van der Waals surface area contributed by atoms with E-state index in [1.54, 1.807) is 0 Å². The Labute approximate surface area is 163 Å². The molecule has 4 rings (SSSR count). The number of rotatable bonds is 5. The van der Waals surface area contributed by atoms with Crippen LogP contribution < -0.4 is 11.1 Å². The van der Waals surface area contributed by atoms with Crippen LogP contribution in [0.15, 0.2) is 52.9 Å². The first-order valence-corrected chi connectivity index (χ1v) is 9.45. The summed E-state index contributed by atoms with van der Waals surface area (Å²) < 4.78 is 5.77. The van der Waals surface area contributed by atoms with Crippen LogP contribution in [0.3, 0.4) is 0 Å². The average Bonchev–Trinajstić information content (AvgIpc) is 3.28. The summed E-state index contributed by atoms with van der Waals surface area (Å²) in [7, 11) is 0. The van der Waals surface area contributed by atoms with E-state index in [1.807, 2.05) is 55.5 Å². The molecule has 6 nitrogen and oxygen atoms in total. The van der Waals surface area contributed by atoms with E-state index in [0.29, 0.717) is 23.6 Å². The number of amides is 2. The molecule has 0 saturated carbocycles. The molecule has 2 aromatic carbocycles. The molecule has 1 fully saturated rings. The maximum atomic E-state index is 12.9. The van der Waals surface area contributed by atoms with E-state index in [-0.39, 0.29) is 17.9 Å². The lowest BCUT2D eigenvalue weighted by atomic mass is 10.1. The summed E-state index contributed by atoms with van der Waals surface area (Å²) in [5.74, 6) is -0.266. The molecule has 1 saturated heterocycles. The number of nitrogens with zero attached hydrogens (tertiary/aromatic N) is 1. The molecule has 1 aliphatic rings. The van der Waals surface area contributed by atoms with Crippen LogP contribution in [0, 0.1) is 6.92 Å². The Bertz CT molecular complexity index is 1040. The van der Waals surface area contributed by atoms with Gasteiger partial charge in [-0.25, -0.2) is 0 Å². The fourth-order valence-corrected chi connectivity index (χ4v) is 3.91. The summed E-state index contributed by atoms with van der Waals surface area (Å²) in [6.45, 7) is 3.26. The van der Waals surface area contributed by atoms with Gasteiger partial charge in [-0.05, 0) is 44.0 Å². The molecule has 28 heavy (non-hydrogen) atoms. The van der Waals surface area contributed by atoms with Gasteiger partial charge in [0, 0.05) is 23.2 Å². The van der Waals surface area contributed by atoms with Gasteiger partial charge < -0.3 is 15.5 Å². The Morgan fingerprint density at radius 1 is 1.18 bits per heavy atom. The monoisotopic (exact) mass is 377 g/mol. The maximum absolute atomic E-state index is 12.9. The van der Waals surface area contributed by atoms with Gasteiger partial charge in [0.25, 0.3) is 5.91 Å². The zero-order valence-electron chi connectivity index (χ0n) is 15.8. The van der Waals surface area contributed by atoms with Gasteiger partial charge >= 0.3 is 0 Å². The quantitative estimate of drug-likeness (QED) is 0.713. The number of fused-ring (bicyclic) bond motifs is 1. The topological polar surface area (TPSA) is 88.6 Å². The standard InChI is InChI=1S/C22H23N3O3/c1-14-16-8-3-5-11-19(16)28-20(14)22(27)24-17-9-4-2-7-15(17)13-25-12-6-10-18(25)21(23)26/h2-5,7-9,11,18H,6,10,12-13H2,1H3,(H2,23,26)(H,24,27). The van der Waals surface area contributed by atoms with Gasteiger partial charge in [-0.2, -0.15) is 0 Å². The van der Waals surface area contributed by atoms with E-state index < -0.39 is 0 Å². The Balaban J connectivity index is 1.57. The summed E-state index contributed by atoms with van der Waals surface area (Å²) in [5.41, 5.74) is 8.69. The molecule has 2 heterocycles. The van der Waals surface area contributed by atoms with Crippen molar-refractivity contribution in [3.05, 3.63) is 65.4 Å². The molecule has 6 heteroatoms. The second-order valence-electron chi connectivity index (χ2n) is 7.19. The van der Waals surface area contributed by atoms with Crippen LogP contribution in [0.2, 0.25) is 0 Å². The Hall–Kier alpha value is -3.12. The normalized spacial score (nSPS) is 17.1. The third-order valence-electron chi connectivity index (χ3n) is 5.38. The number of carbonyl (C=O) groups excluding carboxylic acids is 2. The lowest BCUT2D eigenvalue weighted by Crippen LogP contribution is -2.39. The van der Waals surface area contributed by atoms with Crippen molar-refractivity contribution in [2.75, 3.05) is 11.9 Å². The van der Waals surface area contributed by atoms with Crippen molar-refractivity contribution < 1.29 is 14.0 Å². The molecule has 3 aromatic rings. The van der Waals surface area contributed by atoms with Crippen LogP contribution in [0.5, 0.6) is 0 Å². The van der Waals surface area contributed by atoms with Crippen LogP contribution >= 0.6 is 0 Å². The summed E-state index contributed by atoms with van der Waals surface area (Å²) >= 11 is 0. The third kappa shape index (κ3) is 3.39. The maximum Gasteiger partial charge on any atom is 0.291 e. The zero-order valence-corrected chi connectivity index (χ0v) is 15.8. The summed E-state index contributed by atoms with van der Waals surface area (Å²) in [6, 6.07) is 15.0. The molecular formula is C22H23N3O3. The fraction of sp³-hybridized carbons (Fsp3) is 0.273. The minimum atomic E-state index is -0.295. The summed E-state index contributed by atoms with van der Waals surface area (Å²) in [6.07, 6.45) is 1.72. The van der Waals surface area contributed by atoms with Gasteiger partial charge in [0.2, 0.25) is 5.91 Å². The van der Waals surface area contributed by atoms with Crippen molar-refractivity contribution in [2.24, 2.45) is 5.73 Å². The highest BCUT2D eigenvalue weighted by Gasteiger charge is 2.29. The molecule has 0 spiro atoms. The van der Waals surface area contributed by atoms with Crippen LogP contribution in [0.1, 0.15) is 34.5 Å². The molecule has 1 unspecified atom stereocenters. The first kappa shape index (κ1) is 18.3. The highest BCUT2D eigenvalue weighted by atomic mass is 16.3. The van der Waals surface area contributed by atoms with Crippen LogP contribution in [-0.2, 0) is 11.3 Å². The van der Waals surface area contributed by atoms with Crippen molar-refractivity contribution in [1.82, 2.24) is 4.90 Å². The number of aryl methyl sites for hydroxylation is 1. The molecule has 3 N–H and O–H groups in total. The van der Waals surface area contributed by atoms with Crippen molar-refractivity contribution >= 4 is 28.5 Å². The number of anilines is 1. The van der Waals surface area contributed by atoms with Gasteiger partial charge in [-0.1, -0.05) is 36.4 Å². The van der Waals surface area contributed by atoms with E-state index in [1.165, 1.54) is 0 Å². The highest BCUT2D eigenvalue weighted by molar-refractivity contribution is 6.06. The van der Waals surface area contributed by atoms with Crippen molar-refractivity contribution in [3.63, 3.8) is 0 Å². The van der Waals surface area contributed by atoms with E-state index in [2.05, 4.69) is 10.2 Å². The first-order valence-electron chi connectivity index (χ1n) is 9.45. The van der Waals surface area contributed by atoms with E-state index in [0.717, 1.165) is 35.9 Å². The van der Waals surface area contributed by atoms with E-state index >= 15 is 0 Å². The van der Waals surface area contributed by atoms with Crippen LogP contribution in [0.25, 0.3) is 11.0 Å². The van der Waals surface area contributed by atoms with E-state index in [9.17, 15) is 9.59 Å². The minimum absolute atomic E-state index is 0.249. The predicted octanol–water partition coefficient (Wildman–Crippen LogP) is 3.44. The first-order chi connectivity index (χ1) is 13.5. The molecule has 2 amide bonds. The molecule has 144 valence electrons. The molecule has 0 radical (unpaired) electrons. The number of benzene rings is 2. The predicted molar refractivity (Wildman–Crippen MR) is 108 cm³/mol. The molecule has 1 atom stereocenters. The molecule has 0 bridgehead atoms. The smallest absolute Gasteiger partial charge is 0.291 e. The number of hydrogen-bond acceptors (Lipinski definition) is 4. The summed E-state index contributed by atoms with van der Waals surface area (Å²) in [4.78, 5) is 26.6. The van der Waals surface area contributed by atoms with Gasteiger partial charge in [0.05, 0.1) is 6.04 Å². The second-order valence-corrected chi connectivity index (χ2v) is 7.19. The number of carbonyl (C=O) groups is 2. The van der Waals surface area contributed by atoms with Crippen molar-refractivity contribution in [1.29, 1.82) is 0 Å². The number of nitrogens with two attached hydrogens (primary N) is 1. The number of likely N-dealkylation sites (tertiary alicyclic amines) is 1.